The Balaban J connectivity index is 0.00000117. The monoisotopic (exact) mass is 398 g/mol. The van der Waals surface area contributed by atoms with Crippen molar-refractivity contribution in [2.24, 2.45) is 52.1 Å². The largest absolute Gasteiger partial charge is 0.325 e. The molecule has 0 amide bonds. The molecule has 4 aliphatic rings. The van der Waals surface area contributed by atoms with E-state index in [1.54, 1.807) is 0 Å². The van der Waals surface area contributed by atoms with Crippen LogP contribution in [0, 0.1) is 57.7 Å². The van der Waals surface area contributed by atoms with Gasteiger partial charge in [0, 0.05) is 5.54 Å². The van der Waals surface area contributed by atoms with Gasteiger partial charge in [0.1, 0.15) is 0 Å². The van der Waals surface area contributed by atoms with Crippen molar-refractivity contribution in [3.05, 3.63) is 12.2 Å². The van der Waals surface area contributed by atoms with Gasteiger partial charge in [-0.1, -0.05) is 53.2 Å². The molecule has 4 saturated carbocycles. The van der Waals surface area contributed by atoms with Crippen molar-refractivity contribution in [2.75, 3.05) is 0 Å². The van der Waals surface area contributed by atoms with Gasteiger partial charge in [-0.25, -0.2) is 0 Å². The van der Waals surface area contributed by atoms with Crippen LogP contribution in [0.25, 0.3) is 0 Å². The molecule has 0 saturated heterocycles. The summed E-state index contributed by atoms with van der Waals surface area (Å²) >= 11 is 0. The van der Waals surface area contributed by atoms with Crippen LogP contribution in [0.15, 0.2) is 12.2 Å². The predicted octanol–water partition coefficient (Wildman–Crippen LogP) is 7.10. The molecule has 2 nitrogen and oxygen atoms in total. The van der Waals surface area contributed by atoms with Crippen molar-refractivity contribution < 1.29 is 0 Å². The first kappa shape index (κ1) is 22.9. The highest BCUT2D eigenvalue weighted by atomic mass is 14.9. The summed E-state index contributed by atoms with van der Waals surface area (Å²) in [5.74, 6) is 3.45. The fourth-order valence-corrected chi connectivity index (χ4v) is 8.86. The molecule has 4 fully saturated rings. The van der Waals surface area contributed by atoms with Gasteiger partial charge in [-0.15, -0.1) is 0 Å². The van der Waals surface area contributed by atoms with Crippen LogP contribution in [0.3, 0.4) is 0 Å². The molecule has 4 aliphatic carbocycles. The van der Waals surface area contributed by atoms with E-state index in [0.29, 0.717) is 23.2 Å². The van der Waals surface area contributed by atoms with Gasteiger partial charge in [0.2, 0.25) is 0 Å². The molecule has 2 heteroatoms. The lowest BCUT2D eigenvalue weighted by Gasteiger charge is -2.64. The zero-order valence-corrected chi connectivity index (χ0v) is 20.1. The summed E-state index contributed by atoms with van der Waals surface area (Å²) in [7, 11) is 0. The number of hydrogen-bond acceptors (Lipinski definition) is 2. The summed E-state index contributed by atoms with van der Waals surface area (Å²) in [5.41, 5.74) is 9.20. The molecule has 0 aliphatic heterocycles. The standard InChI is InChI=1S/C25H40N2.C2H6/c1-16(2)18(15-26)19-8-9-22-24(19,5)11-10-21-20-7-6-17(3)14-23(20,4)12-13-25(21,22)27;1-2/h17-22H,1,6-14,27H2,2-5H3;1-2H3. The minimum absolute atomic E-state index is 0.00157. The number of nitrogens with two attached hydrogens (primary N) is 1. The van der Waals surface area contributed by atoms with E-state index in [9.17, 15) is 5.26 Å². The van der Waals surface area contributed by atoms with Crippen molar-refractivity contribution in [3.8, 4) is 6.07 Å². The molecule has 9 atom stereocenters. The Labute approximate surface area is 180 Å². The molecular formula is C27H46N2. The quantitative estimate of drug-likeness (QED) is 0.504. The molecule has 0 aromatic heterocycles. The van der Waals surface area contributed by atoms with Crippen molar-refractivity contribution in [1.29, 1.82) is 5.26 Å². The minimum atomic E-state index is 0.00157. The van der Waals surface area contributed by atoms with E-state index in [1.165, 1.54) is 51.4 Å². The van der Waals surface area contributed by atoms with Crippen LogP contribution in [0.4, 0.5) is 0 Å². The van der Waals surface area contributed by atoms with Crippen LogP contribution in [0.5, 0.6) is 0 Å². The minimum Gasteiger partial charge on any atom is -0.325 e. The van der Waals surface area contributed by atoms with Crippen LogP contribution in [0.2, 0.25) is 0 Å². The summed E-state index contributed by atoms with van der Waals surface area (Å²) in [6, 6.07) is 2.60. The summed E-state index contributed by atoms with van der Waals surface area (Å²) in [4.78, 5) is 0. The maximum Gasteiger partial charge on any atom is 0.0703 e. The van der Waals surface area contributed by atoms with Gasteiger partial charge in [-0.2, -0.15) is 5.26 Å². The Morgan fingerprint density at radius 2 is 1.72 bits per heavy atom. The van der Waals surface area contributed by atoms with Crippen LogP contribution < -0.4 is 5.73 Å². The normalized spacial score (nSPS) is 49.4. The Bertz CT molecular complexity index is 662. The van der Waals surface area contributed by atoms with Crippen LogP contribution in [-0.4, -0.2) is 5.54 Å². The number of nitrogens with zero attached hydrogens (tertiary/aromatic N) is 1. The molecule has 0 spiro atoms. The lowest BCUT2D eigenvalue weighted by Crippen LogP contribution is -2.67. The highest BCUT2D eigenvalue weighted by Gasteiger charge is 2.65. The Kier molecular flexibility index (Phi) is 6.33. The highest BCUT2D eigenvalue weighted by Crippen LogP contribution is 2.68. The first-order chi connectivity index (χ1) is 13.7. The Hall–Kier alpha value is -0.810. The summed E-state index contributed by atoms with van der Waals surface area (Å²) in [6.45, 7) is 17.7. The number of allylic oxidation sites excluding steroid dienone is 1. The second-order valence-electron chi connectivity index (χ2n) is 11.6. The average molecular weight is 399 g/mol. The third kappa shape index (κ3) is 3.40. The molecule has 9 unspecified atom stereocenters. The van der Waals surface area contributed by atoms with Gasteiger partial charge in [-0.3, -0.25) is 0 Å². The van der Waals surface area contributed by atoms with Crippen LogP contribution >= 0.6 is 0 Å². The first-order valence-electron chi connectivity index (χ1n) is 12.5. The predicted molar refractivity (Wildman–Crippen MR) is 123 cm³/mol. The molecule has 164 valence electrons. The van der Waals surface area contributed by atoms with Crippen molar-refractivity contribution in [1.82, 2.24) is 0 Å². The second kappa shape index (κ2) is 8.03. The van der Waals surface area contributed by atoms with E-state index in [2.05, 4.69) is 33.4 Å². The van der Waals surface area contributed by atoms with E-state index in [1.807, 2.05) is 20.8 Å². The van der Waals surface area contributed by atoms with E-state index in [-0.39, 0.29) is 16.9 Å². The SMILES string of the molecule is C=C(C)C(C#N)C1CCC2C1(C)CCC1C3CCC(C)CC3(C)CCC12N.CC. The maximum atomic E-state index is 9.83. The van der Waals surface area contributed by atoms with Crippen LogP contribution in [0.1, 0.15) is 99.3 Å². The molecule has 0 radical (unpaired) electrons. The number of fused-ring (bicyclic) bond motifs is 5. The molecule has 0 aromatic rings. The van der Waals surface area contributed by atoms with Gasteiger partial charge in [0.15, 0.2) is 0 Å². The third-order valence-electron chi connectivity index (χ3n) is 10.1. The Morgan fingerprint density at radius 3 is 2.34 bits per heavy atom. The average Bonchev–Trinajstić information content (AvgIpc) is 3.02. The Morgan fingerprint density at radius 1 is 1.03 bits per heavy atom. The zero-order valence-electron chi connectivity index (χ0n) is 20.1. The van der Waals surface area contributed by atoms with E-state index in [0.717, 1.165) is 23.8 Å². The fraction of sp³-hybridized carbons (Fsp3) is 0.889. The summed E-state index contributed by atoms with van der Waals surface area (Å²) < 4.78 is 0. The number of rotatable bonds is 2. The van der Waals surface area contributed by atoms with E-state index in [4.69, 9.17) is 5.73 Å². The summed E-state index contributed by atoms with van der Waals surface area (Å²) in [5, 5.41) is 9.83. The lowest BCUT2D eigenvalue weighted by atomic mass is 9.42. The molecule has 29 heavy (non-hydrogen) atoms. The number of nitriles is 1. The van der Waals surface area contributed by atoms with Crippen molar-refractivity contribution in [2.45, 2.75) is 105 Å². The van der Waals surface area contributed by atoms with Crippen LogP contribution in [-0.2, 0) is 0 Å². The van der Waals surface area contributed by atoms with Gasteiger partial charge < -0.3 is 5.73 Å². The zero-order chi connectivity index (χ0) is 21.6. The lowest BCUT2D eigenvalue weighted by molar-refractivity contribution is -0.119. The maximum absolute atomic E-state index is 9.83. The van der Waals surface area contributed by atoms with E-state index >= 15 is 0 Å². The molecular weight excluding hydrogens is 352 g/mol. The number of hydrogen-bond donors (Lipinski definition) is 1. The molecule has 0 aromatic carbocycles. The highest BCUT2D eigenvalue weighted by molar-refractivity contribution is 5.21. The molecule has 0 bridgehead atoms. The van der Waals surface area contributed by atoms with Gasteiger partial charge in [0.05, 0.1) is 12.0 Å². The topological polar surface area (TPSA) is 49.8 Å². The smallest absolute Gasteiger partial charge is 0.0703 e. The van der Waals surface area contributed by atoms with E-state index < -0.39 is 0 Å². The van der Waals surface area contributed by atoms with Crippen molar-refractivity contribution >= 4 is 0 Å². The van der Waals surface area contributed by atoms with Gasteiger partial charge in [-0.05, 0) is 98.7 Å². The van der Waals surface area contributed by atoms with Crippen molar-refractivity contribution in [3.63, 3.8) is 0 Å². The first-order valence-corrected chi connectivity index (χ1v) is 12.5. The molecule has 4 rings (SSSR count). The third-order valence-corrected chi connectivity index (χ3v) is 10.1. The fourth-order valence-electron chi connectivity index (χ4n) is 8.86. The molecule has 0 heterocycles. The van der Waals surface area contributed by atoms with Gasteiger partial charge >= 0.3 is 0 Å². The van der Waals surface area contributed by atoms with Gasteiger partial charge in [0.25, 0.3) is 0 Å². The second-order valence-corrected chi connectivity index (χ2v) is 11.6. The molecule has 2 N–H and O–H groups in total. The summed E-state index contributed by atoms with van der Waals surface area (Å²) in [6.07, 6.45) is 11.6.